The summed E-state index contributed by atoms with van der Waals surface area (Å²) in [6.45, 7) is 12.0. The van der Waals surface area contributed by atoms with Crippen molar-refractivity contribution in [2.75, 3.05) is 11.9 Å². The van der Waals surface area contributed by atoms with Crippen molar-refractivity contribution >= 4 is 17.6 Å². The number of benzene rings is 1. The van der Waals surface area contributed by atoms with Crippen LogP contribution in [-0.4, -0.2) is 29.6 Å². The molecule has 0 spiro atoms. The van der Waals surface area contributed by atoms with E-state index >= 15 is 0 Å². The molecule has 0 aliphatic heterocycles. The van der Waals surface area contributed by atoms with Crippen molar-refractivity contribution in [2.45, 2.75) is 91.2 Å². The first-order chi connectivity index (χ1) is 13.0. The van der Waals surface area contributed by atoms with Crippen molar-refractivity contribution in [3.05, 3.63) is 29.8 Å². The summed E-state index contributed by atoms with van der Waals surface area (Å²) in [5.74, 6) is -0.153. The summed E-state index contributed by atoms with van der Waals surface area (Å²) in [4.78, 5) is 24.1. The van der Waals surface area contributed by atoms with Gasteiger partial charge in [-0.3, -0.25) is 4.79 Å². The largest absolute Gasteiger partial charge is 0.458 e. The van der Waals surface area contributed by atoms with E-state index in [4.69, 9.17) is 4.74 Å². The average molecular weight is 391 g/mol. The lowest BCUT2D eigenvalue weighted by atomic mass is 10.0. The van der Waals surface area contributed by atoms with E-state index in [-0.39, 0.29) is 11.9 Å². The monoisotopic (exact) mass is 390 g/mol. The standard InChI is InChI=1S/C23H38N2O3/c1-7-8-9-10-11-20(26)24-17-16-18-12-14-19(15-13-18)25-23(5,6)21(27)28-22(2,3)4/h12-15,25H,7-11,16-17H2,1-6H3,(H,24,26). The number of rotatable bonds is 11. The molecule has 0 bridgehead atoms. The number of amides is 1. The van der Waals surface area contributed by atoms with Crippen molar-refractivity contribution < 1.29 is 14.3 Å². The van der Waals surface area contributed by atoms with E-state index in [1.54, 1.807) is 0 Å². The Kier molecular flexibility index (Phi) is 9.50. The highest BCUT2D eigenvalue weighted by molar-refractivity contribution is 5.83. The number of esters is 1. The quantitative estimate of drug-likeness (QED) is 0.419. The highest BCUT2D eigenvalue weighted by Crippen LogP contribution is 2.20. The molecule has 28 heavy (non-hydrogen) atoms. The van der Waals surface area contributed by atoms with Gasteiger partial charge in [0.2, 0.25) is 5.91 Å². The third-order valence-corrected chi connectivity index (χ3v) is 4.31. The van der Waals surface area contributed by atoms with Crippen LogP contribution in [0.1, 0.15) is 79.2 Å². The summed E-state index contributed by atoms with van der Waals surface area (Å²) in [6.07, 6.45) is 5.87. The number of unbranched alkanes of at least 4 members (excludes halogenated alkanes) is 3. The van der Waals surface area contributed by atoms with E-state index in [1.807, 2.05) is 58.9 Å². The molecular formula is C23H38N2O3. The Morgan fingerprint density at radius 2 is 1.61 bits per heavy atom. The Balaban J connectivity index is 2.42. The van der Waals surface area contributed by atoms with Crippen LogP contribution in [-0.2, 0) is 20.7 Å². The van der Waals surface area contributed by atoms with Crippen LogP contribution in [0.4, 0.5) is 5.69 Å². The van der Waals surface area contributed by atoms with E-state index in [0.29, 0.717) is 13.0 Å². The van der Waals surface area contributed by atoms with Gasteiger partial charge in [0.1, 0.15) is 11.1 Å². The first kappa shape index (κ1) is 24.0. The maximum atomic E-state index is 12.3. The smallest absolute Gasteiger partial charge is 0.331 e. The lowest BCUT2D eigenvalue weighted by Crippen LogP contribution is -2.44. The second-order valence-electron chi connectivity index (χ2n) is 8.86. The molecule has 0 saturated heterocycles. The van der Waals surface area contributed by atoms with Crippen LogP contribution in [0, 0.1) is 0 Å². The molecule has 2 N–H and O–H groups in total. The van der Waals surface area contributed by atoms with Gasteiger partial charge in [-0.25, -0.2) is 4.79 Å². The minimum absolute atomic E-state index is 0.133. The molecule has 5 heteroatoms. The van der Waals surface area contributed by atoms with Gasteiger partial charge in [-0.2, -0.15) is 0 Å². The molecule has 0 saturated carbocycles. The van der Waals surface area contributed by atoms with Crippen molar-refractivity contribution in [1.82, 2.24) is 5.32 Å². The number of hydrogen-bond donors (Lipinski definition) is 2. The number of hydrogen-bond acceptors (Lipinski definition) is 4. The van der Waals surface area contributed by atoms with Gasteiger partial charge in [-0.15, -0.1) is 0 Å². The summed E-state index contributed by atoms with van der Waals surface area (Å²) in [5.41, 5.74) is 0.674. The van der Waals surface area contributed by atoms with Gasteiger partial charge in [0.15, 0.2) is 0 Å². The normalized spacial score (nSPS) is 11.8. The minimum atomic E-state index is -0.819. The molecular weight excluding hydrogens is 352 g/mol. The van der Waals surface area contributed by atoms with Crippen molar-refractivity contribution in [3.63, 3.8) is 0 Å². The fourth-order valence-electron chi connectivity index (χ4n) is 2.72. The fourth-order valence-corrected chi connectivity index (χ4v) is 2.72. The van der Waals surface area contributed by atoms with Gasteiger partial charge in [-0.05, 0) is 65.2 Å². The average Bonchev–Trinajstić information content (AvgIpc) is 2.58. The molecule has 1 aromatic carbocycles. The number of nitrogens with one attached hydrogen (secondary N) is 2. The van der Waals surface area contributed by atoms with Gasteiger partial charge in [0.05, 0.1) is 0 Å². The van der Waals surface area contributed by atoms with E-state index in [2.05, 4.69) is 17.6 Å². The van der Waals surface area contributed by atoms with Gasteiger partial charge in [0.25, 0.3) is 0 Å². The molecule has 1 rings (SSSR count). The summed E-state index contributed by atoms with van der Waals surface area (Å²) >= 11 is 0. The molecule has 0 fully saturated rings. The highest BCUT2D eigenvalue weighted by atomic mass is 16.6. The van der Waals surface area contributed by atoms with E-state index in [0.717, 1.165) is 30.5 Å². The topological polar surface area (TPSA) is 67.4 Å². The number of carbonyl (C=O) groups is 2. The van der Waals surface area contributed by atoms with Crippen molar-refractivity contribution in [3.8, 4) is 0 Å². The molecule has 0 unspecified atom stereocenters. The van der Waals surface area contributed by atoms with Crippen LogP contribution in [0.15, 0.2) is 24.3 Å². The van der Waals surface area contributed by atoms with Crippen LogP contribution < -0.4 is 10.6 Å². The maximum absolute atomic E-state index is 12.3. The Bertz CT molecular complexity index is 616. The predicted octanol–water partition coefficient (Wildman–Crippen LogP) is 4.85. The molecule has 0 radical (unpaired) electrons. The molecule has 0 aromatic heterocycles. The van der Waals surface area contributed by atoms with Crippen LogP contribution in [0.5, 0.6) is 0 Å². The second-order valence-corrected chi connectivity index (χ2v) is 8.86. The number of carbonyl (C=O) groups excluding carboxylic acids is 2. The SMILES string of the molecule is CCCCCCC(=O)NCCc1ccc(NC(C)(C)C(=O)OC(C)(C)C)cc1. The summed E-state index contributed by atoms with van der Waals surface area (Å²) in [7, 11) is 0. The van der Waals surface area contributed by atoms with E-state index < -0.39 is 11.1 Å². The third-order valence-electron chi connectivity index (χ3n) is 4.31. The molecule has 158 valence electrons. The van der Waals surface area contributed by atoms with Crippen molar-refractivity contribution in [1.29, 1.82) is 0 Å². The van der Waals surface area contributed by atoms with E-state index in [9.17, 15) is 9.59 Å². The highest BCUT2D eigenvalue weighted by Gasteiger charge is 2.32. The third kappa shape index (κ3) is 9.77. The van der Waals surface area contributed by atoms with Crippen LogP contribution in [0.2, 0.25) is 0 Å². The second kappa shape index (κ2) is 11.1. The summed E-state index contributed by atoms with van der Waals surface area (Å²) in [5, 5.41) is 6.21. The molecule has 5 nitrogen and oxygen atoms in total. The first-order valence-electron chi connectivity index (χ1n) is 10.4. The maximum Gasteiger partial charge on any atom is 0.331 e. The first-order valence-corrected chi connectivity index (χ1v) is 10.4. The van der Waals surface area contributed by atoms with Gasteiger partial charge < -0.3 is 15.4 Å². The van der Waals surface area contributed by atoms with Crippen LogP contribution in [0.25, 0.3) is 0 Å². The van der Waals surface area contributed by atoms with Crippen molar-refractivity contribution in [2.24, 2.45) is 0 Å². The minimum Gasteiger partial charge on any atom is -0.458 e. The zero-order valence-corrected chi connectivity index (χ0v) is 18.5. The number of ether oxygens (including phenoxy) is 1. The molecule has 1 amide bonds. The zero-order valence-electron chi connectivity index (χ0n) is 18.5. The Hall–Kier alpha value is -2.04. The number of anilines is 1. The van der Waals surface area contributed by atoms with Gasteiger partial charge >= 0.3 is 5.97 Å². The fraction of sp³-hybridized carbons (Fsp3) is 0.652. The summed E-state index contributed by atoms with van der Waals surface area (Å²) < 4.78 is 5.47. The van der Waals surface area contributed by atoms with Gasteiger partial charge in [0, 0.05) is 18.7 Å². The summed E-state index contributed by atoms with van der Waals surface area (Å²) in [6, 6.07) is 7.93. The Labute approximate surface area is 170 Å². The Morgan fingerprint density at radius 1 is 0.964 bits per heavy atom. The predicted molar refractivity (Wildman–Crippen MR) is 115 cm³/mol. The molecule has 1 aromatic rings. The van der Waals surface area contributed by atoms with E-state index in [1.165, 1.54) is 12.8 Å². The van der Waals surface area contributed by atoms with Crippen LogP contribution in [0.3, 0.4) is 0 Å². The molecule has 0 heterocycles. The lowest BCUT2D eigenvalue weighted by Gasteiger charge is -2.30. The zero-order chi connectivity index (χ0) is 21.2. The molecule has 0 atom stereocenters. The Morgan fingerprint density at radius 3 is 2.18 bits per heavy atom. The molecule has 0 aliphatic rings. The van der Waals surface area contributed by atoms with Crippen LogP contribution >= 0.6 is 0 Å². The lowest BCUT2D eigenvalue weighted by molar-refractivity contribution is -0.159. The van der Waals surface area contributed by atoms with Gasteiger partial charge in [-0.1, -0.05) is 38.3 Å². The molecule has 0 aliphatic carbocycles.